The molecule has 3 nitrogen and oxygen atoms in total. The van der Waals surface area contributed by atoms with E-state index in [1.807, 2.05) is 7.05 Å². The van der Waals surface area contributed by atoms with Crippen LogP contribution in [0.3, 0.4) is 0 Å². The van der Waals surface area contributed by atoms with E-state index in [2.05, 4.69) is 47.3 Å². The highest BCUT2D eigenvalue weighted by molar-refractivity contribution is 7.10. The highest BCUT2D eigenvalue weighted by Crippen LogP contribution is 2.30. The van der Waals surface area contributed by atoms with Gasteiger partial charge in [0, 0.05) is 29.2 Å². The van der Waals surface area contributed by atoms with E-state index < -0.39 is 0 Å². The summed E-state index contributed by atoms with van der Waals surface area (Å²) in [4.78, 5) is 1.37. The second kappa shape index (κ2) is 5.02. The molecule has 0 atom stereocenters. The molecule has 0 saturated heterocycles. The van der Waals surface area contributed by atoms with Crippen molar-refractivity contribution in [2.75, 3.05) is 7.05 Å². The number of aromatic nitrogens is 2. The predicted molar refractivity (Wildman–Crippen MR) is 73.5 cm³/mol. The Hall–Kier alpha value is -1.13. The second-order valence-electron chi connectivity index (χ2n) is 4.19. The monoisotopic (exact) mass is 249 g/mol. The van der Waals surface area contributed by atoms with Gasteiger partial charge in [-0.1, -0.05) is 0 Å². The fourth-order valence-corrected chi connectivity index (χ4v) is 3.09. The van der Waals surface area contributed by atoms with Crippen LogP contribution in [-0.4, -0.2) is 16.8 Å². The van der Waals surface area contributed by atoms with Gasteiger partial charge in [0.1, 0.15) is 0 Å². The molecule has 0 unspecified atom stereocenters. The first-order chi connectivity index (χ1) is 8.17. The van der Waals surface area contributed by atoms with Crippen LogP contribution in [-0.2, 0) is 13.1 Å². The maximum atomic E-state index is 4.57. The molecule has 0 radical (unpaired) electrons. The van der Waals surface area contributed by atoms with Gasteiger partial charge in [-0.05, 0) is 44.8 Å². The topological polar surface area (TPSA) is 29.9 Å². The Balaban J connectivity index is 2.41. The van der Waals surface area contributed by atoms with Crippen LogP contribution in [0.1, 0.15) is 23.2 Å². The third kappa shape index (κ3) is 2.28. The van der Waals surface area contributed by atoms with Crippen molar-refractivity contribution < 1.29 is 0 Å². The van der Waals surface area contributed by atoms with Gasteiger partial charge in [0.15, 0.2) is 0 Å². The van der Waals surface area contributed by atoms with Gasteiger partial charge in [0.25, 0.3) is 0 Å². The minimum atomic E-state index is 0.931. The van der Waals surface area contributed by atoms with Crippen LogP contribution in [0.2, 0.25) is 0 Å². The zero-order chi connectivity index (χ0) is 12.4. The summed E-state index contributed by atoms with van der Waals surface area (Å²) in [5.74, 6) is 0. The minimum Gasteiger partial charge on any atom is -0.315 e. The third-order valence-electron chi connectivity index (χ3n) is 2.97. The summed E-state index contributed by atoms with van der Waals surface area (Å²) in [6.07, 6.45) is 0. The van der Waals surface area contributed by atoms with Crippen molar-refractivity contribution in [1.29, 1.82) is 0 Å². The predicted octanol–water partition coefficient (Wildman–Crippen LogP) is 2.97. The molecular formula is C13H19N3S. The number of nitrogens with zero attached hydrogens (tertiary/aromatic N) is 2. The molecule has 2 aromatic heterocycles. The molecule has 0 spiro atoms. The van der Waals surface area contributed by atoms with Crippen LogP contribution >= 0.6 is 11.3 Å². The average molecular weight is 249 g/mol. The Morgan fingerprint density at radius 2 is 2.18 bits per heavy atom. The Morgan fingerprint density at radius 3 is 2.76 bits per heavy atom. The molecule has 0 aliphatic heterocycles. The zero-order valence-corrected chi connectivity index (χ0v) is 11.7. The quantitative estimate of drug-likeness (QED) is 0.903. The van der Waals surface area contributed by atoms with E-state index in [1.54, 1.807) is 11.3 Å². The van der Waals surface area contributed by atoms with Gasteiger partial charge in [-0.25, -0.2) is 0 Å². The van der Waals surface area contributed by atoms with Gasteiger partial charge in [0.05, 0.1) is 5.69 Å². The van der Waals surface area contributed by atoms with Crippen molar-refractivity contribution in [2.24, 2.45) is 0 Å². The molecule has 0 aromatic carbocycles. The second-order valence-corrected chi connectivity index (χ2v) is 5.19. The lowest BCUT2D eigenvalue weighted by Crippen LogP contribution is -2.02. The largest absolute Gasteiger partial charge is 0.315 e. The first-order valence-electron chi connectivity index (χ1n) is 5.93. The van der Waals surface area contributed by atoms with Crippen molar-refractivity contribution in [3.05, 3.63) is 27.7 Å². The highest BCUT2D eigenvalue weighted by atomic mass is 32.1. The van der Waals surface area contributed by atoms with Gasteiger partial charge in [0.2, 0.25) is 0 Å². The lowest BCUT2D eigenvalue weighted by Gasteiger charge is -2.00. The number of hydrogen-bond acceptors (Lipinski definition) is 3. The van der Waals surface area contributed by atoms with Gasteiger partial charge >= 0.3 is 0 Å². The summed E-state index contributed by atoms with van der Waals surface area (Å²) < 4.78 is 2.07. The van der Waals surface area contributed by atoms with Gasteiger partial charge in [-0.15, -0.1) is 11.3 Å². The molecule has 4 heteroatoms. The van der Waals surface area contributed by atoms with E-state index in [4.69, 9.17) is 0 Å². The molecular weight excluding hydrogens is 230 g/mol. The highest BCUT2D eigenvalue weighted by Gasteiger charge is 2.13. The molecule has 0 amide bonds. The van der Waals surface area contributed by atoms with E-state index in [1.165, 1.54) is 21.7 Å². The molecule has 0 aliphatic rings. The normalized spacial score (nSPS) is 11.1. The molecule has 92 valence electrons. The van der Waals surface area contributed by atoms with Gasteiger partial charge in [-0.2, -0.15) is 5.10 Å². The lowest BCUT2D eigenvalue weighted by molar-refractivity contribution is 0.634. The standard InChI is InChI=1S/C13H19N3S/c1-5-16-10(3)13(9(2)15-16)11-6-12(7-14-4)17-8-11/h6,8,14H,5,7H2,1-4H3. The number of nitrogens with one attached hydrogen (secondary N) is 1. The average Bonchev–Trinajstić information content (AvgIpc) is 2.84. The lowest BCUT2D eigenvalue weighted by atomic mass is 10.1. The summed E-state index contributed by atoms with van der Waals surface area (Å²) in [5, 5.41) is 9.98. The summed E-state index contributed by atoms with van der Waals surface area (Å²) in [5.41, 5.74) is 4.98. The molecule has 2 rings (SSSR count). The summed E-state index contributed by atoms with van der Waals surface area (Å²) in [6, 6.07) is 2.26. The fraction of sp³-hybridized carbons (Fsp3) is 0.462. The summed E-state index contributed by atoms with van der Waals surface area (Å²) >= 11 is 1.80. The van der Waals surface area contributed by atoms with Crippen molar-refractivity contribution in [3.8, 4) is 11.1 Å². The Kier molecular flexibility index (Phi) is 3.64. The molecule has 0 aliphatic carbocycles. The minimum absolute atomic E-state index is 0.931. The van der Waals surface area contributed by atoms with E-state index in [9.17, 15) is 0 Å². The van der Waals surface area contributed by atoms with Crippen LogP contribution in [0.5, 0.6) is 0 Å². The maximum Gasteiger partial charge on any atom is 0.0675 e. The Bertz CT molecular complexity index is 511. The number of aryl methyl sites for hydroxylation is 2. The molecule has 17 heavy (non-hydrogen) atoms. The van der Waals surface area contributed by atoms with E-state index in [0.717, 1.165) is 18.8 Å². The summed E-state index contributed by atoms with van der Waals surface area (Å²) in [6.45, 7) is 8.23. The van der Waals surface area contributed by atoms with Crippen molar-refractivity contribution in [2.45, 2.75) is 33.9 Å². The number of rotatable bonds is 4. The smallest absolute Gasteiger partial charge is 0.0675 e. The van der Waals surface area contributed by atoms with Crippen LogP contribution in [0.15, 0.2) is 11.4 Å². The van der Waals surface area contributed by atoms with E-state index in [0.29, 0.717) is 0 Å². The Morgan fingerprint density at radius 1 is 1.41 bits per heavy atom. The molecule has 1 N–H and O–H groups in total. The van der Waals surface area contributed by atoms with Crippen molar-refractivity contribution in [1.82, 2.24) is 15.1 Å². The van der Waals surface area contributed by atoms with E-state index in [-0.39, 0.29) is 0 Å². The SMILES string of the molecule is CCn1nc(C)c(-c2csc(CNC)c2)c1C. The fourth-order valence-electron chi connectivity index (χ4n) is 2.20. The van der Waals surface area contributed by atoms with Crippen LogP contribution < -0.4 is 5.32 Å². The molecule has 2 aromatic rings. The van der Waals surface area contributed by atoms with Crippen molar-refractivity contribution >= 4 is 11.3 Å². The van der Waals surface area contributed by atoms with Crippen molar-refractivity contribution in [3.63, 3.8) is 0 Å². The van der Waals surface area contributed by atoms with Crippen LogP contribution in [0.4, 0.5) is 0 Å². The first-order valence-corrected chi connectivity index (χ1v) is 6.81. The zero-order valence-electron chi connectivity index (χ0n) is 10.9. The molecule has 2 heterocycles. The first kappa shape index (κ1) is 12.3. The molecule has 0 saturated carbocycles. The number of thiophene rings is 1. The Labute approximate surface area is 106 Å². The molecule has 0 fully saturated rings. The van der Waals surface area contributed by atoms with E-state index >= 15 is 0 Å². The maximum absolute atomic E-state index is 4.57. The van der Waals surface area contributed by atoms with Crippen LogP contribution in [0.25, 0.3) is 11.1 Å². The third-order valence-corrected chi connectivity index (χ3v) is 3.91. The van der Waals surface area contributed by atoms with Gasteiger partial charge in [-0.3, -0.25) is 4.68 Å². The summed E-state index contributed by atoms with van der Waals surface area (Å²) in [7, 11) is 1.98. The van der Waals surface area contributed by atoms with Gasteiger partial charge < -0.3 is 5.32 Å². The number of hydrogen-bond donors (Lipinski definition) is 1. The molecule has 0 bridgehead atoms. The van der Waals surface area contributed by atoms with Crippen LogP contribution in [0, 0.1) is 13.8 Å².